The van der Waals surface area contributed by atoms with E-state index in [0.29, 0.717) is 23.5 Å². The van der Waals surface area contributed by atoms with Gasteiger partial charge in [-0.3, -0.25) is 9.69 Å². The second-order valence-corrected chi connectivity index (χ2v) is 9.73. The van der Waals surface area contributed by atoms with Gasteiger partial charge in [-0.05, 0) is 48.6 Å². The van der Waals surface area contributed by atoms with E-state index in [2.05, 4.69) is 0 Å². The molecule has 9 heteroatoms. The van der Waals surface area contributed by atoms with Crippen LogP contribution in [0, 0.1) is 5.92 Å². The molecule has 2 aromatic carbocycles. The largest absolute Gasteiger partial charge is 0.452 e. The Kier molecular flexibility index (Phi) is 5.49. The summed E-state index contributed by atoms with van der Waals surface area (Å²) in [6.45, 7) is 2.29. The van der Waals surface area contributed by atoms with Crippen molar-refractivity contribution in [2.75, 3.05) is 23.5 Å². The molecule has 0 aromatic heterocycles. The Labute approximate surface area is 181 Å². The minimum absolute atomic E-state index is 0.0471. The van der Waals surface area contributed by atoms with E-state index in [1.165, 1.54) is 7.11 Å². The number of nitrogens with two attached hydrogens (primary N) is 1. The number of rotatable bonds is 4. The van der Waals surface area contributed by atoms with Crippen molar-refractivity contribution >= 4 is 33.4 Å². The Bertz CT molecular complexity index is 1130. The summed E-state index contributed by atoms with van der Waals surface area (Å²) in [5.74, 6) is -0.100. The zero-order valence-corrected chi connectivity index (χ0v) is 18.3. The molecule has 1 aliphatic carbocycles. The summed E-state index contributed by atoms with van der Waals surface area (Å²) in [5.41, 5.74) is 3.62. The predicted octanol–water partition coefficient (Wildman–Crippen LogP) is 2.86. The lowest BCUT2D eigenvalue weighted by Gasteiger charge is -2.40. The fourth-order valence-electron chi connectivity index (χ4n) is 3.97. The van der Waals surface area contributed by atoms with Gasteiger partial charge in [-0.1, -0.05) is 30.3 Å². The van der Waals surface area contributed by atoms with Crippen molar-refractivity contribution in [3.8, 4) is 11.1 Å². The molecule has 0 saturated heterocycles. The molecule has 0 spiro atoms. The lowest BCUT2D eigenvalue weighted by Crippen LogP contribution is -2.52. The van der Waals surface area contributed by atoms with Crippen LogP contribution in [0.3, 0.4) is 0 Å². The number of fused-ring (bicyclic) bond motifs is 1. The van der Waals surface area contributed by atoms with Gasteiger partial charge in [0.25, 0.3) is 0 Å². The highest BCUT2D eigenvalue weighted by Crippen LogP contribution is 2.42. The summed E-state index contributed by atoms with van der Waals surface area (Å²) < 4.78 is 27.6. The third kappa shape index (κ3) is 4.42. The maximum Gasteiger partial charge on any atom is 0.414 e. The van der Waals surface area contributed by atoms with E-state index in [0.717, 1.165) is 24.0 Å². The molecule has 31 heavy (non-hydrogen) atoms. The molecule has 1 fully saturated rings. The molecule has 0 unspecified atom stereocenters. The van der Waals surface area contributed by atoms with Crippen LogP contribution in [0.15, 0.2) is 42.5 Å². The van der Waals surface area contributed by atoms with Crippen molar-refractivity contribution in [1.29, 1.82) is 0 Å². The summed E-state index contributed by atoms with van der Waals surface area (Å²) in [4.78, 5) is 28.7. The number of ether oxygens (including phenoxy) is 1. The Balaban J connectivity index is 1.73. The van der Waals surface area contributed by atoms with Gasteiger partial charge in [0.15, 0.2) is 0 Å². The third-order valence-electron chi connectivity index (χ3n) is 5.63. The van der Waals surface area contributed by atoms with Gasteiger partial charge in [-0.25, -0.2) is 18.4 Å². The summed E-state index contributed by atoms with van der Waals surface area (Å²) in [6.07, 6.45) is 1.32. The second-order valence-electron chi connectivity index (χ2n) is 8.12. The SMILES string of the molecule is COC(=O)N1c2ccc(-c3ccc(CS(N)(=O)=O)cc3)cc2N(C(=O)C2CC2)C[C@@H]1C. The molecule has 1 atom stereocenters. The van der Waals surface area contributed by atoms with E-state index >= 15 is 0 Å². The number of primary sulfonamides is 1. The first-order valence-electron chi connectivity index (χ1n) is 10.1. The molecule has 1 heterocycles. The summed E-state index contributed by atoms with van der Waals surface area (Å²) in [5, 5.41) is 5.12. The van der Waals surface area contributed by atoms with E-state index in [-0.39, 0.29) is 23.6 Å². The Morgan fingerprint density at radius 3 is 2.29 bits per heavy atom. The predicted molar refractivity (Wildman–Crippen MR) is 118 cm³/mol. The molecule has 1 saturated carbocycles. The lowest BCUT2D eigenvalue weighted by molar-refractivity contribution is -0.119. The van der Waals surface area contributed by atoms with Crippen molar-refractivity contribution in [1.82, 2.24) is 0 Å². The van der Waals surface area contributed by atoms with Crippen molar-refractivity contribution in [3.63, 3.8) is 0 Å². The number of amides is 2. The molecular formula is C22H25N3O5S. The number of benzene rings is 2. The standard InChI is InChI=1S/C22H25N3O5S/c1-14-12-24(21(26)17-7-8-17)20-11-18(9-10-19(20)25(14)22(27)30-2)16-5-3-15(4-6-16)13-31(23,28)29/h3-6,9-11,14,17H,7-8,12-13H2,1-2H3,(H2,23,28,29)/t14-/m0/s1. The van der Waals surface area contributed by atoms with Gasteiger partial charge < -0.3 is 9.64 Å². The van der Waals surface area contributed by atoms with Gasteiger partial charge in [0.1, 0.15) is 0 Å². The van der Waals surface area contributed by atoms with Crippen LogP contribution in [-0.2, 0) is 25.3 Å². The molecule has 0 bridgehead atoms. The average molecular weight is 444 g/mol. The molecule has 4 rings (SSSR count). The third-order valence-corrected chi connectivity index (χ3v) is 6.37. The lowest BCUT2D eigenvalue weighted by atomic mass is 10.00. The molecule has 2 aromatic rings. The Morgan fingerprint density at radius 2 is 1.71 bits per heavy atom. The maximum atomic E-state index is 13.0. The molecule has 1 aliphatic heterocycles. The second kappa shape index (κ2) is 7.97. The highest BCUT2D eigenvalue weighted by Gasteiger charge is 2.40. The van der Waals surface area contributed by atoms with Crippen molar-refractivity contribution < 1.29 is 22.7 Å². The van der Waals surface area contributed by atoms with Gasteiger partial charge in [-0.2, -0.15) is 0 Å². The molecule has 2 N–H and O–H groups in total. The number of anilines is 2. The van der Waals surface area contributed by atoms with Crippen LogP contribution >= 0.6 is 0 Å². The van der Waals surface area contributed by atoms with Crippen LogP contribution < -0.4 is 14.9 Å². The summed E-state index contributed by atoms with van der Waals surface area (Å²) in [6, 6.07) is 12.4. The number of hydrogen-bond acceptors (Lipinski definition) is 5. The Hall–Kier alpha value is -2.91. The summed E-state index contributed by atoms with van der Waals surface area (Å²) in [7, 11) is -2.26. The van der Waals surface area contributed by atoms with Crippen LogP contribution in [0.25, 0.3) is 11.1 Å². The summed E-state index contributed by atoms with van der Waals surface area (Å²) >= 11 is 0. The van der Waals surface area contributed by atoms with Crippen LogP contribution in [0.2, 0.25) is 0 Å². The molecular weight excluding hydrogens is 418 g/mol. The number of methoxy groups -OCH3 is 1. The van der Waals surface area contributed by atoms with E-state index in [1.54, 1.807) is 21.9 Å². The molecule has 8 nitrogen and oxygen atoms in total. The van der Waals surface area contributed by atoms with Gasteiger partial charge in [0, 0.05) is 12.5 Å². The first-order chi connectivity index (χ1) is 14.7. The first kappa shape index (κ1) is 21.3. The van der Waals surface area contributed by atoms with Crippen molar-refractivity contribution in [2.45, 2.75) is 31.6 Å². The van der Waals surface area contributed by atoms with Gasteiger partial charge in [-0.15, -0.1) is 0 Å². The van der Waals surface area contributed by atoms with Crippen molar-refractivity contribution in [2.24, 2.45) is 11.1 Å². The topological polar surface area (TPSA) is 110 Å². The quantitative estimate of drug-likeness (QED) is 0.781. The van der Waals surface area contributed by atoms with Crippen LogP contribution in [-0.4, -0.2) is 40.1 Å². The number of sulfonamides is 1. The van der Waals surface area contributed by atoms with E-state index in [1.807, 2.05) is 37.3 Å². The van der Waals surface area contributed by atoms with Gasteiger partial charge in [0.2, 0.25) is 15.9 Å². The molecule has 2 aliphatic rings. The van der Waals surface area contributed by atoms with E-state index < -0.39 is 16.1 Å². The zero-order valence-electron chi connectivity index (χ0n) is 17.4. The normalized spacial score (nSPS) is 18.5. The van der Waals surface area contributed by atoms with Crippen LogP contribution in [0.5, 0.6) is 0 Å². The molecule has 164 valence electrons. The highest BCUT2D eigenvalue weighted by atomic mass is 32.2. The van der Waals surface area contributed by atoms with Gasteiger partial charge in [0.05, 0.1) is 30.3 Å². The fraction of sp³-hybridized carbons (Fsp3) is 0.364. The van der Waals surface area contributed by atoms with E-state index in [9.17, 15) is 18.0 Å². The minimum atomic E-state index is -3.60. The van der Waals surface area contributed by atoms with Crippen LogP contribution in [0.1, 0.15) is 25.3 Å². The highest BCUT2D eigenvalue weighted by molar-refractivity contribution is 7.88. The monoisotopic (exact) mass is 443 g/mol. The van der Waals surface area contributed by atoms with E-state index in [4.69, 9.17) is 9.88 Å². The maximum absolute atomic E-state index is 13.0. The average Bonchev–Trinajstić information content (AvgIpc) is 3.57. The number of carbonyl (C=O) groups is 2. The molecule has 2 amide bonds. The Morgan fingerprint density at radius 1 is 1.06 bits per heavy atom. The molecule has 0 radical (unpaired) electrons. The van der Waals surface area contributed by atoms with Gasteiger partial charge >= 0.3 is 6.09 Å². The number of hydrogen-bond donors (Lipinski definition) is 1. The first-order valence-corrected chi connectivity index (χ1v) is 11.8. The smallest absolute Gasteiger partial charge is 0.414 e. The minimum Gasteiger partial charge on any atom is -0.452 e. The van der Waals surface area contributed by atoms with Crippen LogP contribution in [0.4, 0.5) is 16.2 Å². The number of nitrogens with zero attached hydrogens (tertiary/aromatic N) is 2. The fourth-order valence-corrected chi connectivity index (χ4v) is 4.62. The van der Waals surface area contributed by atoms with Crippen molar-refractivity contribution in [3.05, 3.63) is 48.0 Å². The number of carbonyl (C=O) groups excluding carboxylic acids is 2. The zero-order chi connectivity index (χ0) is 22.3.